The van der Waals surface area contributed by atoms with E-state index in [1.54, 1.807) is 22.7 Å². The highest BCUT2D eigenvalue weighted by atomic mass is 32.1. The first-order valence-electron chi connectivity index (χ1n) is 10.2. The van der Waals surface area contributed by atoms with Crippen molar-refractivity contribution in [1.82, 2.24) is 9.97 Å². The van der Waals surface area contributed by atoms with Crippen LogP contribution in [0.15, 0.2) is 60.4 Å². The molecular formula is C26H28N2S2. The number of benzene rings is 2. The Balaban J connectivity index is 1.80. The number of hydrogen-bond donors (Lipinski definition) is 0. The molecule has 2 heterocycles. The van der Waals surface area contributed by atoms with Gasteiger partial charge < -0.3 is 0 Å². The van der Waals surface area contributed by atoms with E-state index in [-0.39, 0.29) is 10.8 Å². The van der Waals surface area contributed by atoms with Crippen LogP contribution in [-0.2, 0) is 10.8 Å². The van der Waals surface area contributed by atoms with Crippen LogP contribution in [0.4, 0.5) is 0 Å². The SMILES string of the molecule is CC(C)(C)c1ccc(-c2cnc(-c3ccccc3C(C)(C)C)s2)cc1-c1cncs1. The molecular weight excluding hydrogens is 404 g/mol. The number of thiazole rings is 2. The highest BCUT2D eigenvalue weighted by Gasteiger charge is 2.22. The lowest BCUT2D eigenvalue weighted by atomic mass is 9.82. The molecule has 0 saturated heterocycles. The quantitative estimate of drug-likeness (QED) is 0.326. The van der Waals surface area contributed by atoms with Gasteiger partial charge in [0.1, 0.15) is 5.01 Å². The van der Waals surface area contributed by atoms with Crippen LogP contribution in [0, 0.1) is 0 Å². The van der Waals surface area contributed by atoms with Crippen LogP contribution in [0.2, 0.25) is 0 Å². The van der Waals surface area contributed by atoms with Gasteiger partial charge in [0.2, 0.25) is 0 Å². The maximum absolute atomic E-state index is 4.81. The third kappa shape index (κ3) is 4.12. The summed E-state index contributed by atoms with van der Waals surface area (Å²) in [6.45, 7) is 13.6. The van der Waals surface area contributed by atoms with E-state index in [9.17, 15) is 0 Å². The number of rotatable bonds is 3. The molecule has 2 aromatic heterocycles. The molecule has 0 N–H and O–H groups in total. The van der Waals surface area contributed by atoms with Gasteiger partial charge in [-0.3, -0.25) is 4.98 Å². The van der Waals surface area contributed by atoms with E-state index in [0.717, 1.165) is 5.01 Å². The average Bonchev–Trinajstić information content (AvgIpc) is 3.38. The minimum absolute atomic E-state index is 0.0718. The predicted molar refractivity (Wildman–Crippen MR) is 131 cm³/mol. The molecule has 0 unspecified atom stereocenters. The zero-order valence-corrected chi connectivity index (χ0v) is 20.1. The molecule has 4 rings (SSSR count). The molecule has 0 fully saturated rings. The van der Waals surface area contributed by atoms with Gasteiger partial charge in [-0.25, -0.2) is 4.98 Å². The smallest absolute Gasteiger partial charge is 0.124 e. The molecule has 0 aliphatic rings. The number of aromatic nitrogens is 2. The van der Waals surface area contributed by atoms with Gasteiger partial charge in [0, 0.05) is 18.0 Å². The van der Waals surface area contributed by atoms with Crippen molar-refractivity contribution in [2.75, 3.05) is 0 Å². The van der Waals surface area contributed by atoms with Crippen LogP contribution >= 0.6 is 22.7 Å². The molecule has 0 aliphatic heterocycles. The molecule has 0 bridgehead atoms. The lowest BCUT2D eigenvalue weighted by Crippen LogP contribution is -2.12. The van der Waals surface area contributed by atoms with Crippen LogP contribution in [-0.4, -0.2) is 9.97 Å². The zero-order valence-electron chi connectivity index (χ0n) is 18.5. The summed E-state index contributed by atoms with van der Waals surface area (Å²) in [5.74, 6) is 0. The largest absolute Gasteiger partial charge is 0.252 e. The van der Waals surface area contributed by atoms with Crippen molar-refractivity contribution >= 4 is 22.7 Å². The fraction of sp³-hybridized carbons (Fsp3) is 0.308. The second-order valence-corrected chi connectivity index (χ2v) is 11.6. The summed E-state index contributed by atoms with van der Waals surface area (Å²) < 4.78 is 0. The molecule has 4 aromatic rings. The summed E-state index contributed by atoms with van der Waals surface area (Å²) in [6, 6.07) is 15.4. The van der Waals surface area contributed by atoms with Crippen LogP contribution in [0.3, 0.4) is 0 Å². The lowest BCUT2D eigenvalue weighted by molar-refractivity contribution is 0.592. The predicted octanol–water partition coefficient (Wildman–Crippen LogP) is 8.20. The first kappa shape index (κ1) is 21.0. The van der Waals surface area contributed by atoms with Gasteiger partial charge in [-0.15, -0.1) is 22.7 Å². The van der Waals surface area contributed by atoms with Crippen LogP contribution < -0.4 is 0 Å². The topological polar surface area (TPSA) is 25.8 Å². The molecule has 0 radical (unpaired) electrons. The van der Waals surface area contributed by atoms with Crippen molar-refractivity contribution in [3.05, 3.63) is 71.5 Å². The van der Waals surface area contributed by atoms with Crippen molar-refractivity contribution < 1.29 is 0 Å². The Morgan fingerprint density at radius 3 is 2.10 bits per heavy atom. The maximum atomic E-state index is 4.81. The van der Waals surface area contributed by atoms with E-state index in [4.69, 9.17) is 4.98 Å². The lowest BCUT2D eigenvalue weighted by Gasteiger charge is -2.23. The summed E-state index contributed by atoms with van der Waals surface area (Å²) in [5.41, 5.74) is 8.45. The van der Waals surface area contributed by atoms with Crippen molar-refractivity contribution in [2.24, 2.45) is 0 Å². The first-order valence-corrected chi connectivity index (χ1v) is 11.9. The van der Waals surface area contributed by atoms with Crippen molar-refractivity contribution in [1.29, 1.82) is 0 Å². The molecule has 0 spiro atoms. The average molecular weight is 433 g/mol. The van der Waals surface area contributed by atoms with Gasteiger partial charge in [-0.2, -0.15) is 0 Å². The summed E-state index contributed by atoms with van der Waals surface area (Å²) in [4.78, 5) is 11.5. The van der Waals surface area contributed by atoms with Crippen molar-refractivity contribution in [2.45, 2.75) is 52.4 Å². The summed E-state index contributed by atoms with van der Waals surface area (Å²) in [7, 11) is 0. The zero-order chi connectivity index (χ0) is 21.5. The molecule has 0 amide bonds. The molecule has 4 heteroatoms. The molecule has 154 valence electrons. The third-order valence-electron chi connectivity index (χ3n) is 5.28. The van der Waals surface area contributed by atoms with E-state index in [1.807, 2.05) is 17.9 Å². The third-order valence-corrected chi connectivity index (χ3v) is 7.17. The molecule has 0 saturated carbocycles. The fourth-order valence-corrected chi connectivity index (χ4v) is 5.36. The van der Waals surface area contributed by atoms with Gasteiger partial charge in [0.05, 0.1) is 15.3 Å². The molecule has 30 heavy (non-hydrogen) atoms. The molecule has 0 atom stereocenters. The van der Waals surface area contributed by atoms with Gasteiger partial charge in [-0.1, -0.05) is 77.9 Å². The van der Waals surface area contributed by atoms with E-state index >= 15 is 0 Å². The van der Waals surface area contributed by atoms with Gasteiger partial charge in [0.25, 0.3) is 0 Å². The Morgan fingerprint density at radius 1 is 0.733 bits per heavy atom. The molecule has 0 aliphatic carbocycles. The summed E-state index contributed by atoms with van der Waals surface area (Å²) >= 11 is 3.46. The Hall–Kier alpha value is -2.30. The van der Waals surface area contributed by atoms with E-state index in [2.05, 4.69) is 89.0 Å². The Bertz CT molecular complexity index is 1160. The molecule has 2 nitrogen and oxygen atoms in total. The number of hydrogen-bond acceptors (Lipinski definition) is 4. The first-order chi connectivity index (χ1) is 14.1. The monoisotopic (exact) mass is 432 g/mol. The standard InChI is InChI=1S/C26H28N2S2/c1-25(2,3)20-10-8-7-9-18(20)24-28-15-22(30-24)17-11-12-21(26(4,5)6)19(13-17)23-14-27-16-29-23/h7-16H,1-6H3. The van der Waals surface area contributed by atoms with Gasteiger partial charge in [-0.05, 0) is 39.2 Å². The normalized spacial score (nSPS) is 12.3. The highest BCUT2D eigenvalue weighted by Crippen LogP contribution is 2.41. The number of nitrogens with zero attached hydrogens (tertiary/aromatic N) is 2. The van der Waals surface area contributed by atoms with Crippen LogP contribution in [0.25, 0.3) is 31.5 Å². The minimum atomic E-state index is 0.0718. The Kier molecular flexibility index (Phi) is 5.41. The Morgan fingerprint density at radius 2 is 1.43 bits per heavy atom. The van der Waals surface area contributed by atoms with E-state index in [1.165, 1.54) is 37.6 Å². The second-order valence-electron chi connectivity index (χ2n) is 9.70. The van der Waals surface area contributed by atoms with E-state index < -0.39 is 0 Å². The Labute approximate surface area is 187 Å². The van der Waals surface area contributed by atoms with Crippen LogP contribution in [0.5, 0.6) is 0 Å². The van der Waals surface area contributed by atoms with Gasteiger partial charge >= 0.3 is 0 Å². The van der Waals surface area contributed by atoms with Gasteiger partial charge in [0.15, 0.2) is 0 Å². The van der Waals surface area contributed by atoms with Crippen LogP contribution in [0.1, 0.15) is 52.7 Å². The van der Waals surface area contributed by atoms with Crippen molar-refractivity contribution in [3.63, 3.8) is 0 Å². The maximum Gasteiger partial charge on any atom is 0.124 e. The summed E-state index contributed by atoms with van der Waals surface area (Å²) in [5, 5.41) is 1.08. The van der Waals surface area contributed by atoms with Crippen molar-refractivity contribution in [3.8, 4) is 31.5 Å². The minimum Gasteiger partial charge on any atom is -0.252 e. The fourth-order valence-electron chi connectivity index (χ4n) is 3.76. The molecule has 2 aromatic carbocycles. The summed E-state index contributed by atoms with van der Waals surface area (Å²) in [6.07, 6.45) is 3.98. The second kappa shape index (κ2) is 7.75. The highest BCUT2D eigenvalue weighted by molar-refractivity contribution is 7.18. The van der Waals surface area contributed by atoms with E-state index in [0.29, 0.717) is 0 Å².